The van der Waals surface area contributed by atoms with Gasteiger partial charge in [0.2, 0.25) is 0 Å². The number of aryl methyl sites for hydroxylation is 2. The van der Waals surface area contributed by atoms with Crippen LogP contribution in [-0.4, -0.2) is 37.5 Å². The summed E-state index contributed by atoms with van der Waals surface area (Å²) in [6.07, 6.45) is 5.35. The number of fused-ring (bicyclic) bond motifs is 4. The number of aromatic nitrogens is 5. The summed E-state index contributed by atoms with van der Waals surface area (Å²) >= 11 is 0. The molecule has 0 saturated heterocycles. The number of hydrogen-bond donors (Lipinski definition) is 0. The van der Waals surface area contributed by atoms with Gasteiger partial charge < -0.3 is 9.15 Å². The minimum absolute atomic E-state index is 0.190. The zero-order chi connectivity index (χ0) is 23.8. The summed E-state index contributed by atoms with van der Waals surface area (Å²) in [5.74, 6) is 1.37. The fourth-order valence-electron chi connectivity index (χ4n) is 4.04. The molecule has 0 aliphatic rings. The minimum atomic E-state index is -0.190. The molecule has 0 spiro atoms. The van der Waals surface area contributed by atoms with E-state index in [0.29, 0.717) is 52.0 Å². The molecule has 172 valence electrons. The third kappa shape index (κ3) is 3.72. The summed E-state index contributed by atoms with van der Waals surface area (Å²) in [6.45, 7) is 0.470. The van der Waals surface area contributed by atoms with Gasteiger partial charge in [-0.1, -0.05) is 24.3 Å². The average Bonchev–Trinajstić information content (AvgIpc) is 3.52. The smallest absolute Gasteiger partial charge is 0.265 e. The Morgan fingerprint density at radius 2 is 1.80 bits per heavy atom. The maximum Gasteiger partial charge on any atom is 0.265 e. The summed E-state index contributed by atoms with van der Waals surface area (Å²) in [6, 6.07) is 18.9. The first-order chi connectivity index (χ1) is 17.2. The van der Waals surface area contributed by atoms with Crippen molar-refractivity contribution >= 4 is 39.4 Å². The predicted octanol–water partition coefficient (Wildman–Crippen LogP) is 4.02. The first-order valence-corrected chi connectivity index (χ1v) is 11.1. The maximum atomic E-state index is 13.6. The first kappa shape index (κ1) is 20.8. The second-order valence-electron chi connectivity index (χ2n) is 8.00. The molecular formula is C26H20N6O3. The number of para-hydroxylation sites is 2. The van der Waals surface area contributed by atoms with Crippen LogP contribution < -0.4 is 10.3 Å². The van der Waals surface area contributed by atoms with Crippen molar-refractivity contribution in [3.05, 3.63) is 94.9 Å². The summed E-state index contributed by atoms with van der Waals surface area (Å²) in [4.78, 5) is 27.7. The number of benzene rings is 2. The lowest BCUT2D eigenvalue weighted by molar-refractivity contribution is 0.414. The van der Waals surface area contributed by atoms with Crippen LogP contribution in [0, 0.1) is 0 Å². The molecule has 4 heterocycles. The molecule has 0 fully saturated rings. The third-order valence-corrected chi connectivity index (χ3v) is 5.85. The Bertz CT molecular complexity index is 1750. The van der Waals surface area contributed by atoms with Gasteiger partial charge in [-0.15, -0.1) is 0 Å². The van der Waals surface area contributed by atoms with Crippen LogP contribution >= 0.6 is 0 Å². The van der Waals surface area contributed by atoms with E-state index in [0.717, 1.165) is 11.3 Å². The Morgan fingerprint density at radius 1 is 1.00 bits per heavy atom. The first-order valence-electron chi connectivity index (χ1n) is 11.1. The highest BCUT2D eigenvalue weighted by molar-refractivity contribution is 6.04. The maximum absolute atomic E-state index is 13.6. The molecule has 2 aromatic carbocycles. The van der Waals surface area contributed by atoms with Gasteiger partial charge in [-0.05, 0) is 48.4 Å². The molecule has 0 radical (unpaired) electrons. The van der Waals surface area contributed by atoms with Gasteiger partial charge in [0.1, 0.15) is 22.4 Å². The molecule has 9 heteroatoms. The molecule has 0 bridgehead atoms. The van der Waals surface area contributed by atoms with Gasteiger partial charge in [-0.25, -0.2) is 15.0 Å². The van der Waals surface area contributed by atoms with Crippen LogP contribution in [0.2, 0.25) is 0 Å². The fraction of sp³-hybridized carbons (Fsp3) is 0.115. The second-order valence-corrected chi connectivity index (χ2v) is 8.00. The molecular weight excluding hydrogens is 444 g/mol. The van der Waals surface area contributed by atoms with Crippen molar-refractivity contribution in [2.24, 2.45) is 5.10 Å². The molecule has 6 rings (SSSR count). The number of rotatable bonds is 6. The zero-order valence-electron chi connectivity index (χ0n) is 18.8. The molecule has 0 N–H and O–H groups in total. The van der Waals surface area contributed by atoms with E-state index in [-0.39, 0.29) is 5.56 Å². The highest BCUT2D eigenvalue weighted by Gasteiger charge is 2.19. The van der Waals surface area contributed by atoms with Gasteiger partial charge in [0.25, 0.3) is 5.56 Å². The lowest BCUT2D eigenvalue weighted by Crippen LogP contribution is -2.21. The van der Waals surface area contributed by atoms with Gasteiger partial charge in [-0.3, -0.25) is 9.36 Å². The Kier molecular flexibility index (Phi) is 5.07. The summed E-state index contributed by atoms with van der Waals surface area (Å²) in [7, 11) is 1.64. The van der Waals surface area contributed by atoms with Crippen LogP contribution in [0.4, 0.5) is 0 Å². The van der Waals surface area contributed by atoms with Gasteiger partial charge in [0.05, 0.1) is 36.9 Å². The Morgan fingerprint density at radius 3 is 2.54 bits per heavy atom. The third-order valence-electron chi connectivity index (χ3n) is 5.85. The van der Waals surface area contributed by atoms with Crippen molar-refractivity contribution in [3.63, 3.8) is 0 Å². The number of furan rings is 1. The number of ether oxygens (including phenoxy) is 1. The summed E-state index contributed by atoms with van der Waals surface area (Å²) in [5.41, 5.74) is 3.62. The monoisotopic (exact) mass is 464 g/mol. The quantitative estimate of drug-likeness (QED) is 0.345. The molecule has 0 aliphatic carbocycles. The molecule has 0 unspecified atom stereocenters. The van der Waals surface area contributed by atoms with Crippen molar-refractivity contribution in [2.45, 2.75) is 13.0 Å². The SMILES string of the molecule is COc1ccc(CCn2cnc3c(c2=O)c2nc4ccccc4nc2n3/N=C/c2ccco2)cc1. The lowest BCUT2D eigenvalue weighted by atomic mass is 10.1. The van der Waals surface area contributed by atoms with Crippen molar-refractivity contribution in [2.75, 3.05) is 7.11 Å². The zero-order valence-corrected chi connectivity index (χ0v) is 18.8. The molecule has 35 heavy (non-hydrogen) atoms. The molecule has 6 aromatic rings. The summed E-state index contributed by atoms with van der Waals surface area (Å²) < 4.78 is 13.7. The Hall–Kier alpha value is -4.79. The molecule has 0 aliphatic heterocycles. The Balaban J connectivity index is 1.49. The van der Waals surface area contributed by atoms with E-state index in [1.54, 1.807) is 47.3 Å². The van der Waals surface area contributed by atoms with E-state index >= 15 is 0 Å². The Labute approximate surface area is 198 Å². The normalized spacial score (nSPS) is 11.8. The van der Waals surface area contributed by atoms with E-state index in [4.69, 9.17) is 19.1 Å². The van der Waals surface area contributed by atoms with E-state index < -0.39 is 0 Å². The van der Waals surface area contributed by atoms with Crippen LogP contribution in [-0.2, 0) is 13.0 Å². The predicted molar refractivity (Wildman–Crippen MR) is 133 cm³/mol. The second kappa shape index (κ2) is 8.53. The fourth-order valence-corrected chi connectivity index (χ4v) is 4.04. The van der Waals surface area contributed by atoms with Crippen molar-refractivity contribution in [1.29, 1.82) is 0 Å². The van der Waals surface area contributed by atoms with Gasteiger partial charge >= 0.3 is 0 Å². The highest BCUT2D eigenvalue weighted by atomic mass is 16.5. The number of hydrogen-bond acceptors (Lipinski definition) is 7. The van der Waals surface area contributed by atoms with Crippen molar-refractivity contribution in [3.8, 4) is 5.75 Å². The molecule has 0 amide bonds. The molecule has 0 saturated carbocycles. The number of nitrogens with zero attached hydrogens (tertiary/aromatic N) is 6. The standard InChI is InChI=1S/C26H20N6O3/c1-34-18-10-8-17(9-11-18)12-13-31-16-27-24-22(26(31)33)23-25(30-21-7-3-2-6-20(21)29-23)32(24)28-15-19-5-4-14-35-19/h2-11,14-16H,12-13H2,1H3/b28-15+. The van der Waals surface area contributed by atoms with Crippen LogP contribution in [0.1, 0.15) is 11.3 Å². The van der Waals surface area contributed by atoms with E-state index in [1.165, 1.54) is 0 Å². The highest BCUT2D eigenvalue weighted by Crippen LogP contribution is 2.25. The van der Waals surface area contributed by atoms with Gasteiger partial charge in [0.15, 0.2) is 11.3 Å². The molecule has 0 atom stereocenters. The van der Waals surface area contributed by atoms with E-state index in [9.17, 15) is 4.79 Å². The van der Waals surface area contributed by atoms with Gasteiger partial charge in [0, 0.05) is 6.54 Å². The summed E-state index contributed by atoms with van der Waals surface area (Å²) in [5, 5.41) is 4.91. The van der Waals surface area contributed by atoms with Crippen LogP contribution in [0.3, 0.4) is 0 Å². The van der Waals surface area contributed by atoms with Gasteiger partial charge in [-0.2, -0.15) is 9.78 Å². The average molecular weight is 464 g/mol. The van der Waals surface area contributed by atoms with Crippen molar-refractivity contribution < 1.29 is 9.15 Å². The van der Waals surface area contributed by atoms with E-state index in [1.807, 2.05) is 48.5 Å². The molecule has 9 nitrogen and oxygen atoms in total. The van der Waals surface area contributed by atoms with Crippen LogP contribution in [0.25, 0.3) is 33.2 Å². The molecule has 4 aromatic heterocycles. The largest absolute Gasteiger partial charge is 0.497 e. The number of methoxy groups -OCH3 is 1. The topological polar surface area (TPSA) is 100 Å². The minimum Gasteiger partial charge on any atom is -0.497 e. The van der Waals surface area contributed by atoms with Crippen LogP contribution in [0.5, 0.6) is 5.75 Å². The van der Waals surface area contributed by atoms with E-state index in [2.05, 4.69) is 10.1 Å². The van der Waals surface area contributed by atoms with Crippen LogP contribution in [0.15, 0.2) is 87.6 Å². The lowest BCUT2D eigenvalue weighted by Gasteiger charge is -2.06. The van der Waals surface area contributed by atoms with Crippen molar-refractivity contribution in [1.82, 2.24) is 24.2 Å².